The summed E-state index contributed by atoms with van der Waals surface area (Å²) in [6.07, 6.45) is 1.32. The Balaban J connectivity index is 1.89. The van der Waals surface area contributed by atoms with Crippen molar-refractivity contribution in [2.75, 3.05) is 0 Å². The van der Waals surface area contributed by atoms with E-state index >= 15 is 0 Å². The van der Waals surface area contributed by atoms with Crippen LogP contribution in [0.3, 0.4) is 0 Å². The summed E-state index contributed by atoms with van der Waals surface area (Å²) in [6.45, 7) is 4.08. The number of hydrogen-bond donors (Lipinski definition) is 1. The quantitative estimate of drug-likeness (QED) is 0.883. The summed E-state index contributed by atoms with van der Waals surface area (Å²) >= 11 is 0. The molecule has 0 saturated carbocycles. The fourth-order valence-electron chi connectivity index (χ4n) is 2.58. The minimum absolute atomic E-state index is 0.137. The molecule has 2 aromatic rings. The lowest BCUT2D eigenvalue weighted by atomic mass is 10.1. The molecule has 1 fully saturated rings. The van der Waals surface area contributed by atoms with E-state index in [1.54, 1.807) is 0 Å². The van der Waals surface area contributed by atoms with Crippen LogP contribution in [0.4, 0.5) is 0 Å². The summed E-state index contributed by atoms with van der Waals surface area (Å²) in [5, 5.41) is 11.3. The summed E-state index contributed by atoms with van der Waals surface area (Å²) in [6, 6.07) is 7.93. The van der Waals surface area contributed by atoms with Crippen LogP contribution in [0.5, 0.6) is 0 Å². The van der Waals surface area contributed by atoms with Crippen LogP contribution < -0.4 is 0 Å². The fraction of sp³-hybridized carbons (Fsp3) is 0.467. The Morgan fingerprint density at radius 2 is 2.11 bits per heavy atom. The van der Waals surface area contributed by atoms with Gasteiger partial charge in [0.2, 0.25) is 0 Å². The minimum atomic E-state index is -0.664. The first kappa shape index (κ1) is 11.8. The Hall–Kier alpha value is -1.32. The maximum Gasteiger partial charge on any atom is 0.138 e. The number of benzene rings is 1. The summed E-state index contributed by atoms with van der Waals surface area (Å²) in [4.78, 5) is 0. The number of aliphatic hydroxyl groups is 1. The number of fused-ring (bicyclic) bond motifs is 1. The smallest absolute Gasteiger partial charge is 0.138 e. The van der Waals surface area contributed by atoms with Gasteiger partial charge in [-0.25, -0.2) is 0 Å². The average molecular weight is 246 g/mol. The van der Waals surface area contributed by atoms with Crippen LogP contribution in [0, 0.1) is 6.92 Å². The van der Waals surface area contributed by atoms with Gasteiger partial charge in [-0.05, 0) is 44.9 Å². The van der Waals surface area contributed by atoms with Gasteiger partial charge in [-0.3, -0.25) is 0 Å². The van der Waals surface area contributed by atoms with Gasteiger partial charge in [-0.1, -0.05) is 11.6 Å². The fourth-order valence-corrected chi connectivity index (χ4v) is 2.58. The zero-order valence-corrected chi connectivity index (χ0v) is 10.7. The third-order valence-corrected chi connectivity index (χ3v) is 3.60. The van der Waals surface area contributed by atoms with E-state index in [9.17, 15) is 5.11 Å². The second-order valence-electron chi connectivity index (χ2n) is 5.20. The zero-order chi connectivity index (χ0) is 12.7. The Morgan fingerprint density at radius 3 is 2.83 bits per heavy atom. The van der Waals surface area contributed by atoms with Crippen LogP contribution in [0.25, 0.3) is 11.0 Å². The van der Waals surface area contributed by atoms with E-state index in [0.717, 1.165) is 23.8 Å². The minimum Gasteiger partial charge on any atom is -0.458 e. The standard InChI is InChI=1S/C15H18O3/c1-9-3-5-12-11(7-9)8-14(18-12)15(16)13-6-4-10(2)17-13/h3,5,7-8,10,13,15-16H,4,6H2,1-2H3. The molecular formula is C15H18O3. The molecule has 0 amide bonds. The first-order valence-corrected chi connectivity index (χ1v) is 6.47. The van der Waals surface area contributed by atoms with E-state index in [-0.39, 0.29) is 12.2 Å². The van der Waals surface area contributed by atoms with Crippen molar-refractivity contribution in [3.8, 4) is 0 Å². The molecule has 96 valence electrons. The van der Waals surface area contributed by atoms with Crippen LogP contribution in [-0.4, -0.2) is 17.3 Å². The molecule has 1 N–H and O–H groups in total. The predicted molar refractivity (Wildman–Crippen MR) is 69.5 cm³/mol. The predicted octanol–water partition coefficient (Wildman–Crippen LogP) is 3.34. The van der Waals surface area contributed by atoms with Crippen LogP contribution in [0.2, 0.25) is 0 Å². The molecule has 0 aliphatic carbocycles. The summed E-state index contributed by atoms with van der Waals surface area (Å²) in [5.41, 5.74) is 2.01. The van der Waals surface area contributed by atoms with Gasteiger partial charge < -0.3 is 14.3 Å². The molecule has 3 unspecified atom stereocenters. The molecule has 3 nitrogen and oxygen atoms in total. The molecule has 1 aromatic heterocycles. The van der Waals surface area contributed by atoms with Gasteiger partial charge in [0.15, 0.2) is 0 Å². The van der Waals surface area contributed by atoms with Gasteiger partial charge in [0.25, 0.3) is 0 Å². The van der Waals surface area contributed by atoms with Crippen molar-refractivity contribution >= 4 is 11.0 Å². The molecule has 2 heterocycles. The van der Waals surface area contributed by atoms with Crippen molar-refractivity contribution in [3.05, 3.63) is 35.6 Å². The first-order chi connectivity index (χ1) is 8.63. The summed E-state index contributed by atoms with van der Waals surface area (Å²) < 4.78 is 11.4. The first-order valence-electron chi connectivity index (χ1n) is 6.47. The highest BCUT2D eigenvalue weighted by Gasteiger charge is 2.31. The lowest BCUT2D eigenvalue weighted by molar-refractivity contribution is -0.0374. The largest absolute Gasteiger partial charge is 0.458 e. The third kappa shape index (κ3) is 2.04. The van der Waals surface area contributed by atoms with Crippen molar-refractivity contribution in [2.45, 2.75) is 45.0 Å². The van der Waals surface area contributed by atoms with Crippen molar-refractivity contribution in [1.29, 1.82) is 0 Å². The number of furan rings is 1. The number of ether oxygens (including phenoxy) is 1. The van der Waals surface area contributed by atoms with Crippen LogP contribution in [-0.2, 0) is 4.74 Å². The van der Waals surface area contributed by atoms with Gasteiger partial charge in [0, 0.05) is 5.39 Å². The van der Waals surface area contributed by atoms with Crippen LogP contribution in [0.1, 0.15) is 37.2 Å². The molecule has 3 heteroatoms. The molecular weight excluding hydrogens is 228 g/mol. The Kier molecular flexibility index (Phi) is 2.88. The van der Waals surface area contributed by atoms with E-state index in [1.165, 1.54) is 5.56 Å². The number of aryl methyl sites for hydroxylation is 1. The van der Waals surface area contributed by atoms with Crippen molar-refractivity contribution < 1.29 is 14.3 Å². The van der Waals surface area contributed by atoms with Crippen molar-refractivity contribution in [1.82, 2.24) is 0 Å². The highest BCUT2D eigenvalue weighted by molar-refractivity contribution is 5.78. The van der Waals surface area contributed by atoms with Crippen LogP contribution >= 0.6 is 0 Å². The molecule has 1 aliphatic rings. The zero-order valence-electron chi connectivity index (χ0n) is 10.7. The van der Waals surface area contributed by atoms with Gasteiger partial charge in [-0.15, -0.1) is 0 Å². The topological polar surface area (TPSA) is 42.6 Å². The van der Waals surface area contributed by atoms with Gasteiger partial charge >= 0.3 is 0 Å². The Bertz CT molecular complexity index is 558. The molecule has 18 heavy (non-hydrogen) atoms. The molecule has 1 saturated heterocycles. The van der Waals surface area contributed by atoms with Gasteiger partial charge in [-0.2, -0.15) is 0 Å². The van der Waals surface area contributed by atoms with Gasteiger partial charge in [0.1, 0.15) is 17.4 Å². The van der Waals surface area contributed by atoms with Gasteiger partial charge in [0.05, 0.1) is 12.2 Å². The van der Waals surface area contributed by atoms with Crippen molar-refractivity contribution in [2.24, 2.45) is 0 Å². The lowest BCUT2D eigenvalue weighted by Crippen LogP contribution is -2.18. The van der Waals surface area contributed by atoms with E-state index in [4.69, 9.17) is 9.15 Å². The normalized spacial score (nSPS) is 25.7. The number of hydrogen-bond acceptors (Lipinski definition) is 3. The lowest BCUT2D eigenvalue weighted by Gasteiger charge is -2.15. The SMILES string of the molecule is Cc1ccc2oc(C(O)C3CCC(C)O3)cc2c1. The third-order valence-electron chi connectivity index (χ3n) is 3.60. The molecule has 1 aliphatic heterocycles. The Morgan fingerprint density at radius 1 is 1.28 bits per heavy atom. The maximum absolute atomic E-state index is 10.3. The second kappa shape index (κ2) is 4.41. The summed E-state index contributed by atoms with van der Waals surface area (Å²) in [5.74, 6) is 0.606. The molecule has 0 spiro atoms. The highest BCUT2D eigenvalue weighted by atomic mass is 16.5. The average Bonchev–Trinajstić information content (AvgIpc) is 2.93. The van der Waals surface area contributed by atoms with E-state index in [2.05, 4.69) is 6.07 Å². The monoisotopic (exact) mass is 246 g/mol. The molecule has 0 radical (unpaired) electrons. The second-order valence-corrected chi connectivity index (χ2v) is 5.20. The van der Waals surface area contributed by atoms with Crippen LogP contribution in [0.15, 0.2) is 28.7 Å². The summed E-state index contributed by atoms with van der Waals surface area (Å²) in [7, 11) is 0. The maximum atomic E-state index is 10.3. The molecule has 3 atom stereocenters. The van der Waals surface area contributed by atoms with E-state index in [0.29, 0.717) is 5.76 Å². The highest BCUT2D eigenvalue weighted by Crippen LogP contribution is 2.33. The van der Waals surface area contributed by atoms with Crippen molar-refractivity contribution in [3.63, 3.8) is 0 Å². The number of aliphatic hydroxyl groups excluding tert-OH is 1. The molecule has 3 rings (SSSR count). The van der Waals surface area contributed by atoms with E-state index < -0.39 is 6.10 Å². The van der Waals surface area contributed by atoms with E-state index in [1.807, 2.05) is 32.0 Å². The Labute approximate surface area is 106 Å². The molecule has 1 aromatic carbocycles. The molecule has 0 bridgehead atoms. The number of rotatable bonds is 2.